The van der Waals surface area contributed by atoms with Crippen LogP contribution in [0, 0.1) is 10.1 Å². The van der Waals surface area contributed by atoms with Crippen LogP contribution in [-0.4, -0.2) is 10.9 Å². The first-order valence-corrected chi connectivity index (χ1v) is 7.98. The Morgan fingerprint density at radius 2 is 1.77 bits per heavy atom. The average Bonchev–Trinajstić information content (AvgIpc) is 3.00. The number of nitrogens with zero attached hydrogens (tertiary/aromatic N) is 1. The molecule has 0 aliphatic carbocycles. The standard InChI is InChI=1S/C19H10ClNO5/c20-16-7-5-11(21(23)24)9-15(16)19(22)25-12-6-8-18-14(10-12)13-3-1-2-4-17(13)26-18/h1-10H. The molecule has 4 aromatic rings. The zero-order chi connectivity index (χ0) is 18.3. The van der Waals surface area contributed by atoms with Gasteiger partial charge in [-0.25, -0.2) is 4.79 Å². The molecule has 6 nitrogen and oxygen atoms in total. The molecule has 4 rings (SSSR count). The molecule has 1 heterocycles. The van der Waals surface area contributed by atoms with Crippen molar-refractivity contribution in [1.82, 2.24) is 0 Å². The van der Waals surface area contributed by atoms with Crippen molar-refractivity contribution in [3.63, 3.8) is 0 Å². The van der Waals surface area contributed by atoms with Crippen LogP contribution >= 0.6 is 11.6 Å². The molecule has 0 aliphatic heterocycles. The lowest BCUT2D eigenvalue weighted by Gasteiger charge is -2.06. The van der Waals surface area contributed by atoms with Crippen molar-refractivity contribution in [3.8, 4) is 5.75 Å². The molecule has 7 heteroatoms. The number of esters is 1. The summed E-state index contributed by atoms with van der Waals surface area (Å²) >= 11 is 5.98. The number of carbonyl (C=O) groups is 1. The summed E-state index contributed by atoms with van der Waals surface area (Å²) in [5.41, 5.74) is 1.09. The Hall–Kier alpha value is -3.38. The van der Waals surface area contributed by atoms with Gasteiger partial charge < -0.3 is 9.15 Å². The first kappa shape index (κ1) is 16.1. The van der Waals surface area contributed by atoms with Crippen molar-refractivity contribution >= 4 is 45.2 Å². The van der Waals surface area contributed by atoms with Crippen LogP contribution in [0.15, 0.2) is 65.1 Å². The van der Waals surface area contributed by atoms with Gasteiger partial charge in [0.15, 0.2) is 0 Å². The highest BCUT2D eigenvalue weighted by molar-refractivity contribution is 6.33. The Kier molecular flexibility index (Phi) is 3.82. The zero-order valence-corrected chi connectivity index (χ0v) is 13.9. The topological polar surface area (TPSA) is 82.6 Å². The van der Waals surface area contributed by atoms with Crippen LogP contribution < -0.4 is 4.74 Å². The predicted octanol–water partition coefficient (Wildman–Crippen LogP) is 5.37. The molecule has 0 fully saturated rings. The number of furan rings is 1. The molecule has 26 heavy (non-hydrogen) atoms. The second kappa shape index (κ2) is 6.16. The minimum absolute atomic E-state index is 0.0713. The van der Waals surface area contributed by atoms with Crippen LogP contribution in [0.1, 0.15) is 10.4 Å². The summed E-state index contributed by atoms with van der Waals surface area (Å²) in [4.78, 5) is 22.7. The number of non-ortho nitro benzene ring substituents is 1. The van der Waals surface area contributed by atoms with Gasteiger partial charge in [-0.1, -0.05) is 29.8 Å². The van der Waals surface area contributed by atoms with Crippen molar-refractivity contribution in [2.45, 2.75) is 0 Å². The van der Waals surface area contributed by atoms with Gasteiger partial charge in [0.25, 0.3) is 5.69 Å². The maximum Gasteiger partial charge on any atom is 0.345 e. The SMILES string of the molecule is O=C(Oc1ccc2oc3ccccc3c2c1)c1cc([N+](=O)[O-])ccc1Cl. The molecule has 3 aromatic carbocycles. The highest BCUT2D eigenvalue weighted by Gasteiger charge is 2.18. The van der Waals surface area contributed by atoms with Gasteiger partial charge in [0.05, 0.1) is 15.5 Å². The molecule has 1 aromatic heterocycles. The van der Waals surface area contributed by atoms with Gasteiger partial charge >= 0.3 is 5.97 Å². The van der Waals surface area contributed by atoms with Crippen molar-refractivity contribution in [3.05, 3.63) is 81.4 Å². The molecule has 0 amide bonds. The van der Waals surface area contributed by atoms with Crippen LogP contribution in [0.25, 0.3) is 21.9 Å². The number of rotatable bonds is 3. The van der Waals surface area contributed by atoms with E-state index in [1.807, 2.05) is 24.3 Å². The number of hydrogen-bond acceptors (Lipinski definition) is 5. The normalized spacial score (nSPS) is 11.0. The van der Waals surface area contributed by atoms with E-state index in [4.69, 9.17) is 20.8 Å². The summed E-state index contributed by atoms with van der Waals surface area (Å²) in [6, 6.07) is 16.1. The van der Waals surface area contributed by atoms with Crippen molar-refractivity contribution < 1.29 is 18.9 Å². The van der Waals surface area contributed by atoms with E-state index < -0.39 is 10.9 Å². The number of carbonyl (C=O) groups excluding carboxylic acids is 1. The van der Waals surface area contributed by atoms with Gasteiger partial charge in [0.2, 0.25) is 0 Å². The van der Waals surface area contributed by atoms with Crippen LogP contribution in [0.3, 0.4) is 0 Å². The molecular weight excluding hydrogens is 358 g/mol. The van der Waals surface area contributed by atoms with Crippen LogP contribution in [0.2, 0.25) is 5.02 Å². The third-order valence-electron chi connectivity index (χ3n) is 3.94. The monoisotopic (exact) mass is 367 g/mol. The van der Waals surface area contributed by atoms with E-state index in [1.54, 1.807) is 18.2 Å². The minimum atomic E-state index is -0.772. The zero-order valence-electron chi connectivity index (χ0n) is 13.1. The van der Waals surface area contributed by atoms with E-state index in [2.05, 4.69) is 0 Å². The Bertz CT molecular complexity index is 1180. The molecule has 0 atom stereocenters. The van der Waals surface area contributed by atoms with E-state index >= 15 is 0 Å². The first-order valence-electron chi connectivity index (χ1n) is 7.60. The fraction of sp³-hybridized carbons (Fsp3) is 0. The smallest absolute Gasteiger partial charge is 0.345 e. The van der Waals surface area contributed by atoms with E-state index in [-0.39, 0.29) is 22.0 Å². The third-order valence-corrected chi connectivity index (χ3v) is 4.27. The maximum atomic E-state index is 12.4. The molecular formula is C19H10ClNO5. The van der Waals surface area contributed by atoms with E-state index in [0.717, 1.165) is 22.4 Å². The number of fused-ring (bicyclic) bond motifs is 3. The largest absolute Gasteiger partial charge is 0.456 e. The second-order valence-electron chi connectivity index (χ2n) is 5.57. The Morgan fingerprint density at radius 3 is 2.58 bits per heavy atom. The quantitative estimate of drug-likeness (QED) is 0.210. The Labute approximate surface area is 151 Å². The number of para-hydroxylation sites is 1. The molecule has 0 N–H and O–H groups in total. The number of halogens is 1. The number of hydrogen-bond donors (Lipinski definition) is 0. The lowest BCUT2D eigenvalue weighted by atomic mass is 10.1. The highest BCUT2D eigenvalue weighted by atomic mass is 35.5. The minimum Gasteiger partial charge on any atom is -0.456 e. The third kappa shape index (κ3) is 2.76. The lowest BCUT2D eigenvalue weighted by molar-refractivity contribution is -0.384. The predicted molar refractivity (Wildman–Crippen MR) is 96.8 cm³/mol. The fourth-order valence-electron chi connectivity index (χ4n) is 2.71. The maximum absolute atomic E-state index is 12.4. The molecule has 0 aliphatic rings. The lowest BCUT2D eigenvalue weighted by Crippen LogP contribution is -2.09. The first-order chi connectivity index (χ1) is 12.5. The summed E-state index contributed by atoms with van der Waals surface area (Å²) in [5, 5.41) is 12.7. The van der Waals surface area contributed by atoms with E-state index in [9.17, 15) is 14.9 Å². The van der Waals surface area contributed by atoms with Crippen LogP contribution in [-0.2, 0) is 0 Å². The second-order valence-corrected chi connectivity index (χ2v) is 5.97. The number of nitro groups is 1. The van der Waals surface area contributed by atoms with Gasteiger partial charge in [0, 0.05) is 22.9 Å². The summed E-state index contributed by atoms with van der Waals surface area (Å²) in [6.07, 6.45) is 0. The molecule has 0 saturated carbocycles. The Balaban J connectivity index is 1.71. The highest BCUT2D eigenvalue weighted by Crippen LogP contribution is 2.32. The summed E-state index contributed by atoms with van der Waals surface area (Å²) in [6.45, 7) is 0. The summed E-state index contributed by atoms with van der Waals surface area (Å²) < 4.78 is 11.1. The van der Waals surface area contributed by atoms with Gasteiger partial charge in [0.1, 0.15) is 16.9 Å². The molecule has 0 saturated heterocycles. The van der Waals surface area contributed by atoms with Gasteiger partial charge in [-0.2, -0.15) is 0 Å². The van der Waals surface area contributed by atoms with E-state index in [1.165, 1.54) is 12.1 Å². The van der Waals surface area contributed by atoms with Gasteiger partial charge in [-0.05, 0) is 30.3 Å². The number of nitro benzene ring substituents is 1. The molecule has 0 unspecified atom stereocenters. The molecule has 128 valence electrons. The van der Waals surface area contributed by atoms with Crippen LogP contribution in [0.4, 0.5) is 5.69 Å². The molecule has 0 radical (unpaired) electrons. The van der Waals surface area contributed by atoms with Crippen molar-refractivity contribution in [1.29, 1.82) is 0 Å². The molecule has 0 bridgehead atoms. The Morgan fingerprint density at radius 1 is 1.00 bits per heavy atom. The van der Waals surface area contributed by atoms with Gasteiger partial charge in [-0.15, -0.1) is 0 Å². The fourth-order valence-corrected chi connectivity index (χ4v) is 2.91. The summed E-state index contributed by atoms with van der Waals surface area (Å²) in [7, 11) is 0. The van der Waals surface area contributed by atoms with Gasteiger partial charge in [-0.3, -0.25) is 10.1 Å². The summed E-state index contributed by atoms with van der Waals surface area (Å²) in [5.74, 6) is -0.484. The molecule has 0 spiro atoms. The van der Waals surface area contributed by atoms with Crippen molar-refractivity contribution in [2.75, 3.05) is 0 Å². The van der Waals surface area contributed by atoms with E-state index in [0.29, 0.717) is 5.58 Å². The number of ether oxygens (including phenoxy) is 1. The number of benzene rings is 3. The average molecular weight is 368 g/mol. The van der Waals surface area contributed by atoms with Crippen LogP contribution in [0.5, 0.6) is 5.75 Å². The van der Waals surface area contributed by atoms with Crippen molar-refractivity contribution in [2.24, 2.45) is 0 Å².